The molecule has 0 bridgehead atoms. The van der Waals surface area contributed by atoms with Crippen LogP contribution in [0.2, 0.25) is 0 Å². The van der Waals surface area contributed by atoms with Gasteiger partial charge in [0.1, 0.15) is 0 Å². The van der Waals surface area contributed by atoms with Crippen LogP contribution >= 0.6 is 15.9 Å². The van der Waals surface area contributed by atoms with Gasteiger partial charge in [0.15, 0.2) is 0 Å². The van der Waals surface area contributed by atoms with E-state index in [2.05, 4.69) is 15.9 Å². The van der Waals surface area contributed by atoms with Crippen molar-refractivity contribution in [1.82, 2.24) is 4.31 Å². The van der Waals surface area contributed by atoms with Crippen molar-refractivity contribution in [3.05, 3.63) is 34.3 Å². The minimum atomic E-state index is -3.24. The fraction of sp³-hybridized carbons (Fsp3) is 0.455. The number of halogens is 1. The zero-order chi connectivity index (χ0) is 12.5. The van der Waals surface area contributed by atoms with E-state index in [4.69, 9.17) is 4.74 Å². The van der Waals surface area contributed by atoms with Crippen LogP contribution in [0.5, 0.6) is 0 Å². The molecule has 0 spiro atoms. The predicted octanol–water partition coefficient (Wildman–Crippen LogP) is 1.61. The minimum Gasteiger partial charge on any atom is -0.372 e. The summed E-state index contributed by atoms with van der Waals surface area (Å²) in [5.74, 6) is 0.0312. The first-order valence-corrected chi connectivity index (χ1v) is 7.67. The van der Waals surface area contributed by atoms with Gasteiger partial charge in [0.2, 0.25) is 10.0 Å². The molecule has 0 saturated carbocycles. The normalized spacial score (nSPS) is 19.6. The highest BCUT2D eigenvalue weighted by atomic mass is 79.9. The lowest BCUT2D eigenvalue weighted by atomic mass is 10.2. The van der Waals surface area contributed by atoms with Crippen LogP contribution in [-0.2, 0) is 20.5 Å². The second-order valence-corrected chi connectivity index (χ2v) is 7.11. The van der Waals surface area contributed by atoms with E-state index >= 15 is 0 Å². The van der Waals surface area contributed by atoms with Gasteiger partial charge in [-0.3, -0.25) is 0 Å². The summed E-state index contributed by atoms with van der Waals surface area (Å²) < 4.78 is 31.4. The molecule has 0 aliphatic carbocycles. The smallest absolute Gasteiger partial charge is 0.218 e. The molecule has 1 heterocycles. The average Bonchev–Trinajstić information content (AvgIpc) is 3.05. The molecule has 1 aromatic carbocycles. The van der Waals surface area contributed by atoms with Gasteiger partial charge in [0.05, 0.1) is 18.5 Å². The molecule has 0 aromatic heterocycles. The third kappa shape index (κ3) is 3.77. The highest BCUT2D eigenvalue weighted by Gasteiger charge is 2.29. The molecular weight excluding hydrogens is 306 g/mol. The molecule has 1 aliphatic rings. The molecule has 6 heteroatoms. The monoisotopic (exact) mass is 319 g/mol. The Morgan fingerprint density at radius 2 is 2.00 bits per heavy atom. The van der Waals surface area contributed by atoms with Gasteiger partial charge < -0.3 is 4.74 Å². The predicted molar refractivity (Wildman–Crippen MR) is 69.1 cm³/mol. The maximum atomic E-state index is 12.0. The fourth-order valence-electron chi connectivity index (χ4n) is 1.48. The van der Waals surface area contributed by atoms with E-state index < -0.39 is 10.0 Å². The Kier molecular flexibility index (Phi) is 3.87. The van der Waals surface area contributed by atoms with E-state index in [-0.39, 0.29) is 11.9 Å². The molecule has 1 aromatic rings. The SMILES string of the molecule is CN(CC1CO1)S(=O)(=O)Cc1ccc(Br)cc1. The summed E-state index contributed by atoms with van der Waals surface area (Å²) in [6, 6.07) is 7.30. The van der Waals surface area contributed by atoms with Crippen molar-refractivity contribution in [3.8, 4) is 0 Å². The molecule has 0 radical (unpaired) electrons. The number of sulfonamides is 1. The van der Waals surface area contributed by atoms with Gasteiger partial charge in [-0.1, -0.05) is 28.1 Å². The summed E-state index contributed by atoms with van der Waals surface area (Å²) in [4.78, 5) is 0. The van der Waals surface area contributed by atoms with Gasteiger partial charge in [-0.2, -0.15) is 0 Å². The van der Waals surface area contributed by atoms with Crippen molar-refractivity contribution in [1.29, 1.82) is 0 Å². The van der Waals surface area contributed by atoms with Crippen LogP contribution in [0.25, 0.3) is 0 Å². The van der Waals surface area contributed by atoms with Gasteiger partial charge in [-0.25, -0.2) is 12.7 Å². The first-order chi connectivity index (χ1) is 7.97. The van der Waals surface area contributed by atoms with E-state index in [1.54, 1.807) is 7.05 Å². The Labute approximate surface area is 110 Å². The van der Waals surface area contributed by atoms with Gasteiger partial charge in [-0.15, -0.1) is 0 Å². The van der Waals surface area contributed by atoms with E-state index in [1.165, 1.54) is 4.31 Å². The molecule has 1 atom stereocenters. The third-order valence-corrected chi connectivity index (χ3v) is 4.93. The molecule has 1 fully saturated rings. The van der Waals surface area contributed by atoms with Gasteiger partial charge >= 0.3 is 0 Å². The van der Waals surface area contributed by atoms with Crippen LogP contribution in [0, 0.1) is 0 Å². The summed E-state index contributed by atoms with van der Waals surface area (Å²) in [6.07, 6.45) is 0.0830. The van der Waals surface area contributed by atoms with Gasteiger partial charge in [-0.05, 0) is 17.7 Å². The summed E-state index contributed by atoms with van der Waals surface area (Å²) in [6.45, 7) is 1.11. The van der Waals surface area contributed by atoms with Crippen LogP contribution in [0.1, 0.15) is 5.56 Å². The number of rotatable bonds is 5. The molecule has 4 nitrogen and oxygen atoms in total. The highest BCUT2D eigenvalue weighted by molar-refractivity contribution is 9.10. The summed E-state index contributed by atoms with van der Waals surface area (Å²) in [5.41, 5.74) is 0.789. The van der Waals surface area contributed by atoms with Crippen LogP contribution in [0.15, 0.2) is 28.7 Å². The molecule has 17 heavy (non-hydrogen) atoms. The highest BCUT2D eigenvalue weighted by Crippen LogP contribution is 2.16. The molecule has 1 unspecified atom stereocenters. The zero-order valence-corrected chi connectivity index (χ0v) is 11.9. The summed E-state index contributed by atoms with van der Waals surface area (Å²) in [5, 5.41) is 0. The van der Waals surface area contributed by atoms with Crippen molar-refractivity contribution >= 4 is 26.0 Å². The van der Waals surface area contributed by atoms with E-state index in [0.29, 0.717) is 13.2 Å². The average molecular weight is 320 g/mol. The van der Waals surface area contributed by atoms with Crippen molar-refractivity contribution < 1.29 is 13.2 Å². The maximum Gasteiger partial charge on any atom is 0.218 e. The van der Waals surface area contributed by atoms with Crippen LogP contribution in [-0.4, -0.2) is 39.0 Å². The van der Waals surface area contributed by atoms with E-state index in [9.17, 15) is 8.42 Å². The number of benzene rings is 1. The van der Waals surface area contributed by atoms with Crippen molar-refractivity contribution in [2.45, 2.75) is 11.9 Å². The number of likely N-dealkylation sites (N-methyl/N-ethyl adjacent to an activating group) is 1. The van der Waals surface area contributed by atoms with E-state index in [1.807, 2.05) is 24.3 Å². The number of ether oxygens (including phenoxy) is 1. The third-order valence-electron chi connectivity index (χ3n) is 2.60. The minimum absolute atomic E-state index is 0.0312. The number of epoxide rings is 1. The van der Waals surface area contributed by atoms with E-state index in [0.717, 1.165) is 10.0 Å². The molecule has 1 saturated heterocycles. The fourth-order valence-corrected chi connectivity index (χ4v) is 2.97. The summed E-state index contributed by atoms with van der Waals surface area (Å²) >= 11 is 3.32. The Bertz CT molecular complexity index is 482. The zero-order valence-electron chi connectivity index (χ0n) is 9.47. The number of nitrogens with zero attached hydrogens (tertiary/aromatic N) is 1. The Morgan fingerprint density at radius 3 is 2.53 bits per heavy atom. The largest absolute Gasteiger partial charge is 0.372 e. The lowest BCUT2D eigenvalue weighted by molar-refractivity contribution is 0.359. The van der Waals surface area contributed by atoms with Crippen molar-refractivity contribution in [3.63, 3.8) is 0 Å². The first-order valence-electron chi connectivity index (χ1n) is 5.27. The van der Waals surface area contributed by atoms with Crippen LogP contribution < -0.4 is 0 Å². The van der Waals surface area contributed by atoms with Crippen molar-refractivity contribution in [2.24, 2.45) is 0 Å². The van der Waals surface area contributed by atoms with Crippen LogP contribution in [0.4, 0.5) is 0 Å². The standard InChI is InChI=1S/C11H14BrNO3S/c1-13(6-11-7-16-11)17(14,15)8-9-2-4-10(12)5-3-9/h2-5,11H,6-8H2,1H3. The Balaban J connectivity index is 2.02. The topological polar surface area (TPSA) is 49.9 Å². The number of hydrogen-bond donors (Lipinski definition) is 0. The molecule has 94 valence electrons. The van der Waals surface area contributed by atoms with Gasteiger partial charge in [0.25, 0.3) is 0 Å². The maximum absolute atomic E-state index is 12.0. The first kappa shape index (κ1) is 13.0. The molecule has 0 amide bonds. The van der Waals surface area contributed by atoms with Crippen molar-refractivity contribution in [2.75, 3.05) is 20.2 Å². The van der Waals surface area contributed by atoms with Gasteiger partial charge in [0, 0.05) is 18.1 Å². The second kappa shape index (κ2) is 5.06. The Hall–Kier alpha value is -0.430. The Morgan fingerprint density at radius 1 is 1.41 bits per heavy atom. The lowest BCUT2D eigenvalue weighted by Gasteiger charge is -2.15. The molecule has 2 rings (SSSR count). The molecular formula is C11H14BrNO3S. The summed E-state index contributed by atoms with van der Waals surface area (Å²) in [7, 11) is -1.65. The van der Waals surface area contributed by atoms with Crippen LogP contribution in [0.3, 0.4) is 0 Å². The second-order valence-electron chi connectivity index (χ2n) is 4.12. The quantitative estimate of drug-likeness (QED) is 0.775. The molecule has 0 N–H and O–H groups in total. The number of hydrogen-bond acceptors (Lipinski definition) is 3. The molecule has 1 aliphatic heterocycles. The lowest BCUT2D eigenvalue weighted by Crippen LogP contribution is -2.31.